The summed E-state index contributed by atoms with van der Waals surface area (Å²) in [5.74, 6) is 0.0508. The molecule has 1 heterocycles. The second-order valence-electron chi connectivity index (χ2n) is 4.72. The predicted octanol–water partition coefficient (Wildman–Crippen LogP) is 1.66. The highest BCUT2D eigenvalue weighted by Gasteiger charge is 2.16. The van der Waals surface area contributed by atoms with Crippen LogP contribution >= 0.6 is 0 Å². The van der Waals surface area contributed by atoms with Crippen LogP contribution in [0.25, 0.3) is 0 Å². The summed E-state index contributed by atoms with van der Waals surface area (Å²) < 4.78 is 0. The first-order chi connectivity index (χ1) is 8.15. The van der Waals surface area contributed by atoms with Gasteiger partial charge in [-0.2, -0.15) is 0 Å². The van der Waals surface area contributed by atoms with Gasteiger partial charge >= 0.3 is 0 Å². The summed E-state index contributed by atoms with van der Waals surface area (Å²) in [6.07, 6.45) is 0. The van der Waals surface area contributed by atoms with Gasteiger partial charge in [0.2, 0.25) is 5.91 Å². The molecular formula is C13H19N3O. The van der Waals surface area contributed by atoms with Gasteiger partial charge in [-0.15, -0.1) is 0 Å². The minimum atomic E-state index is 0.00227. The first-order valence-corrected chi connectivity index (χ1v) is 6.03. The Labute approximate surface area is 102 Å². The summed E-state index contributed by atoms with van der Waals surface area (Å²) >= 11 is 0. The van der Waals surface area contributed by atoms with Crippen molar-refractivity contribution < 1.29 is 4.79 Å². The Kier molecular flexibility index (Phi) is 3.64. The smallest absolute Gasteiger partial charge is 0.226 e. The lowest BCUT2D eigenvalue weighted by molar-refractivity contribution is -0.118. The SMILES string of the molecule is CC(C)C(=O)Nc1cccc(NC2CNC2)c1. The summed E-state index contributed by atoms with van der Waals surface area (Å²) in [5.41, 5.74) is 1.90. The Balaban J connectivity index is 1.97. The summed E-state index contributed by atoms with van der Waals surface area (Å²) in [5, 5.41) is 9.51. The topological polar surface area (TPSA) is 53.2 Å². The van der Waals surface area contributed by atoms with Crippen molar-refractivity contribution in [1.82, 2.24) is 5.32 Å². The van der Waals surface area contributed by atoms with Crippen LogP contribution in [-0.2, 0) is 4.79 Å². The van der Waals surface area contributed by atoms with E-state index in [0.717, 1.165) is 24.5 Å². The fourth-order valence-corrected chi connectivity index (χ4v) is 1.60. The molecule has 0 spiro atoms. The lowest BCUT2D eigenvalue weighted by Gasteiger charge is -2.29. The van der Waals surface area contributed by atoms with E-state index in [9.17, 15) is 4.79 Å². The second kappa shape index (κ2) is 5.19. The molecule has 0 aliphatic carbocycles. The van der Waals surface area contributed by atoms with Gasteiger partial charge in [0.1, 0.15) is 0 Å². The number of hydrogen-bond acceptors (Lipinski definition) is 3. The molecule has 1 aromatic rings. The van der Waals surface area contributed by atoms with Gasteiger partial charge in [-0.3, -0.25) is 4.79 Å². The van der Waals surface area contributed by atoms with E-state index >= 15 is 0 Å². The number of carbonyl (C=O) groups excluding carboxylic acids is 1. The Morgan fingerprint density at radius 3 is 2.65 bits per heavy atom. The van der Waals surface area contributed by atoms with E-state index in [2.05, 4.69) is 16.0 Å². The molecule has 1 fully saturated rings. The average Bonchev–Trinajstić information content (AvgIpc) is 2.24. The molecule has 1 aliphatic rings. The van der Waals surface area contributed by atoms with Crippen LogP contribution in [0.15, 0.2) is 24.3 Å². The molecular weight excluding hydrogens is 214 g/mol. The normalized spacial score (nSPS) is 15.5. The Hall–Kier alpha value is -1.55. The van der Waals surface area contributed by atoms with Crippen molar-refractivity contribution in [3.05, 3.63) is 24.3 Å². The first kappa shape index (κ1) is 11.9. The molecule has 1 aromatic carbocycles. The van der Waals surface area contributed by atoms with Crippen LogP contribution in [-0.4, -0.2) is 25.0 Å². The first-order valence-electron chi connectivity index (χ1n) is 6.03. The highest BCUT2D eigenvalue weighted by molar-refractivity contribution is 5.92. The van der Waals surface area contributed by atoms with E-state index in [1.54, 1.807) is 0 Å². The number of rotatable bonds is 4. The van der Waals surface area contributed by atoms with Gasteiger partial charge in [0.25, 0.3) is 0 Å². The number of amides is 1. The molecule has 0 unspecified atom stereocenters. The molecule has 0 bridgehead atoms. The van der Waals surface area contributed by atoms with Crippen LogP contribution in [0.1, 0.15) is 13.8 Å². The van der Waals surface area contributed by atoms with E-state index in [0.29, 0.717) is 6.04 Å². The van der Waals surface area contributed by atoms with Crippen LogP contribution in [0, 0.1) is 5.92 Å². The van der Waals surface area contributed by atoms with Crippen LogP contribution in [0.3, 0.4) is 0 Å². The van der Waals surface area contributed by atoms with Crippen molar-refractivity contribution in [2.75, 3.05) is 23.7 Å². The van der Waals surface area contributed by atoms with Crippen LogP contribution in [0.5, 0.6) is 0 Å². The molecule has 1 aliphatic heterocycles. The van der Waals surface area contributed by atoms with E-state index in [1.165, 1.54) is 0 Å². The third kappa shape index (κ3) is 3.20. The molecule has 0 saturated carbocycles. The maximum Gasteiger partial charge on any atom is 0.226 e. The van der Waals surface area contributed by atoms with Gasteiger partial charge in [-0.05, 0) is 18.2 Å². The zero-order chi connectivity index (χ0) is 12.3. The van der Waals surface area contributed by atoms with Gasteiger partial charge < -0.3 is 16.0 Å². The second-order valence-corrected chi connectivity index (χ2v) is 4.72. The van der Waals surface area contributed by atoms with Gasteiger partial charge in [0.15, 0.2) is 0 Å². The monoisotopic (exact) mass is 233 g/mol. The lowest BCUT2D eigenvalue weighted by atomic mass is 10.1. The highest BCUT2D eigenvalue weighted by atomic mass is 16.1. The molecule has 0 radical (unpaired) electrons. The van der Waals surface area contributed by atoms with Gasteiger partial charge in [0.05, 0.1) is 6.04 Å². The van der Waals surface area contributed by atoms with Gasteiger partial charge in [-0.25, -0.2) is 0 Å². The van der Waals surface area contributed by atoms with Crippen LogP contribution in [0.4, 0.5) is 11.4 Å². The molecule has 4 nitrogen and oxygen atoms in total. The zero-order valence-electron chi connectivity index (χ0n) is 10.3. The van der Waals surface area contributed by atoms with E-state index in [4.69, 9.17) is 0 Å². The van der Waals surface area contributed by atoms with Crippen molar-refractivity contribution in [2.24, 2.45) is 5.92 Å². The Morgan fingerprint density at radius 2 is 2.06 bits per heavy atom. The van der Waals surface area contributed by atoms with Crippen molar-refractivity contribution in [2.45, 2.75) is 19.9 Å². The fraction of sp³-hybridized carbons (Fsp3) is 0.462. The molecule has 17 heavy (non-hydrogen) atoms. The molecule has 0 aromatic heterocycles. The molecule has 92 valence electrons. The molecule has 4 heteroatoms. The van der Waals surface area contributed by atoms with Crippen LogP contribution in [0.2, 0.25) is 0 Å². The van der Waals surface area contributed by atoms with Gasteiger partial charge in [-0.1, -0.05) is 19.9 Å². The van der Waals surface area contributed by atoms with Crippen molar-refractivity contribution in [3.8, 4) is 0 Å². The highest BCUT2D eigenvalue weighted by Crippen LogP contribution is 2.17. The van der Waals surface area contributed by atoms with Crippen molar-refractivity contribution >= 4 is 17.3 Å². The molecule has 0 atom stereocenters. The fourth-order valence-electron chi connectivity index (χ4n) is 1.60. The summed E-state index contributed by atoms with van der Waals surface area (Å²) in [6.45, 7) is 5.78. The molecule has 3 N–H and O–H groups in total. The third-order valence-electron chi connectivity index (χ3n) is 2.81. The summed E-state index contributed by atoms with van der Waals surface area (Å²) in [6, 6.07) is 8.35. The Bertz CT molecular complexity index is 399. The van der Waals surface area contributed by atoms with E-state index < -0.39 is 0 Å². The number of nitrogens with one attached hydrogen (secondary N) is 3. The van der Waals surface area contributed by atoms with Gasteiger partial charge in [0, 0.05) is 30.4 Å². The van der Waals surface area contributed by atoms with Crippen molar-refractivity contribution in [3.63, 3.8) is 0 Å². The molecule has 1 amide bonds. The lowest BCUT2D eigenvalue weighted by Crippen LogP contribution is -2.51. The number of carbonyl (C=O) groups is 1. The largest absolute Gasteiger partial charge is 0.380 e. The maximum atomic E-state index is 11.6. The standard InChI is InChI=1S/C13H19N3O/c1-9(2)13(17)16-11-5-3-4-10(6-11)15-12-7-14-8-12/h3-6,9,12,14-15H,7-8H2,1-2H3,(H,16,17). The minimum absolute atomic E-state index is 0.00227. The van der Waals surface area contributed by atoms with E-state index in [-0.39, 0.29) is 11.8 Å². The number of anilines is 2. The average molecular weight is 233 g/mol. The molecule has 2 rings (SSSR count). The molecule has 1 saturated heterocycles. The summed E-state index contributed by atoms with van der Waals surface area (Å²) in [7, 11) is 0. The zero-order valence-corrected chi connectivity index (χ0v) is 10.3. The summed E-state index contributed by atoms with van der Waals surface area (Å²) in [4.78, 5) is 11.6. The predicted molar refractivity (Wildman–Crippen MR) is 70.2 cm³/mol. The van der Waals surface area contributed by atoms with Crippen LogP contribution < -0.4 is 16.0 Å². The Morgan fingerprint density at radius 1 is 1.35 bits per heavy atom. The van der Waals surface area contributed by atoms with E-state index in [1.807, 2.05) is 38.1 Å². The maximum absolute atomic E-state index is 11.6. The minimum Gasteiger partial charge on any atom is -0.380 e. The third-order valence-corrected chi connectivity index (χ3v) is 2.81. The number of hydrogen-bond donors (Lipinski definition) is 3. The quantitative estimate of drug-likeness (QED) is 0.741. The number of benzene rings is 1. The van der Waals surface area contributed by atoms with Crippen molar-refractivity contribution in [1.29, 1.82) is 0 Å².